The van der Waals surface area contributed by atoms with E-state index in [2.05, 4.69) is 45.6 Å². The number of para-hydroxylation sites is 1. The number of aliphatic hydroxyl groups is 1. The van der Waals surface area contributed by atoms with E-state index in [0.717, 1.165) is 30.2 Å². The van der Waals surface area contributed by atoms with Gasteiger partial charge in [0.1, 0.15) is 0 Å². The van der Waals surface area contributed by atoms with Crippen LogP contribution in [0.15, 0.2) is 60.7 Å². The van der Waals surface area contributed by atoms with Crippen LogP contribution in [0.5, 0.6) is 0 Å². The van der Waals surface area contributed by atoms with E-state index in [1.165, 1.54) is 10.3 Å². The molecule has 0 aliphatic carbocycles. The minimum atomic E-state index is -0.388. The molecule has 4 nitrogen and oxygen atoms in total. The van der Waals surface area contributed by atoms with Crippen LogP contribution in [0.1, 0.15) is 12.0 Å². The molecule has 1 fully saturated rings. The predicted octanol–water partition coefficient (Wildman–Crippen LogP) is 3.86. The molecule has 0 spiro atoms. The van der Waals surface area contributed by atoms with E-state index >= 15 is 0 Å². The highest BCUT2D eigenvalue weighted by atomic mass is 32.1. The molecule has 0 radical (unpaired) electrons. The molecule has 1 aromatic heterocycles. The van der Waals surface area contributed by atoms with Crippen molar-refractivity contribution >= 4 is 32.8 Å². The molecule has 2 aromatic carbocycles. The van der Waals surface area contributed by atoms with Gasteiger partial charge in [-0.3, -0.25) is 4.90 Å². The predicted molar refractivity (Wildman–Crippen MR) is 110 cm³/mol. The molecule has 134 valence electrons. The summed E-state index contributed by atoms with van der Waals surface area (Å²) in [6.45, 7) is 2.51. The average Bonchev–Trinajstić information content (AvgIpc) is 3.07. The summed E-state index contributed by atoms with van der Waals surface area (Å²) in [7, 11) is 0. The van der Waals surface area contributed by atoms with Gasteiger partial charge >= 0.3 is 0 Å². The molecule has 3 aromatic rings. The zero-order valence-corrected chi connectivity index (χ0v) is 15.4. The number of fused-ring (bicyclic) bond motifs is 1. The van der Waals surface area contributed by atoms with Gasteiger partial charge in [0.15, 0.2) is 5.13 Å². The van der Waals surface area contributed by atoms with E-state index in [0.29, 0.717) is 6.54 Å². The van der Waals surface area contributed by atoms with Gasteiger partial charge in [0.05, 0.1) is 22.4 Å². The molecule has 2 heterocycles. The van der Waals surface area contributed by atoms with Crippen LogP contribution < -0.4 is 5.32 Å². The Labute approximate surface area is 157 Å². The van der Waals surface area contributed by atoms with Crippen molar-refractivity contribution in [3.63, 3.8) is 0 Å². The number of aliphatic hydroxyl groups excluding tert-OH is 1. The van der Waals surface area contributed by atoms with Crippen molar-refractivity contribution in [1.82, 2.24) is 9.88 Å². The first-order chi connectivity index (χ1) is 12.8. The first-order valence-electron chi connectivity index (χ1n) is 9.02. The van der Waals surface area contributed by atoms with Crippen LogP contribution in [0.4, 0.5) is 5.13 Å². The van der Waals surface area contributed by atoms with Crippen molar-refractivity contribution in [2.45, 2.75) is 18.6 Å². The van der Waals surface area contributed by atoms with E-state index < -0.39 is 0 Å². The topological polar surface area (TPSA) is 48.4 Å². The normalized spacial score (nSPS) is 21.4. The highest BCUT2D eigenvalue weighted by Crippen LogP contribution is 2.27. The van der Waals surface area contributed by atoms with Crippen molar-refractivity contribution in [1.29, 1.82) is 0 Å². The number of benzene rings is 2. The van der Waals surface area contributed by atoms with E-state index in [-0.39, 0.29) is 12.1 Å². The number of hydrogen-bond donors (Lipinski definition) is 2. The van der Waals surface area contributed by atoms with E-state index in [4.69, 9.17) is 0 Å². The third-order valence-corrected chi connectivity index (χ3v) is 5.71. The molecular weight excluding hydrogens is 342 g/mol. The third-order valence-electron chi connectivity index (χ3n) is 4.74. The molecule has 0 unspecified atom stereocenters. The maximum absolute atomic E-state index is 10.5. The van der Waals surface area contributed by atoms with E-state index in [1.807, 2.05) is 36.4 Å². The second-order valence-electron chi connectivity index (χ2n) is 6.67. The maximum atomic E-state index is 10.5. The zero-order valence-electron chi connectivity index (χ0n) is 14.6. The molecule has 0 saturated carbocycles. The Kier molecular flexibility index (Phi) is 5.29. The van der Waals surface area contributed by atoms with Crippen molar-refractivity contribution in [3.8, 4) is 0 Å². The molecule has 0 amide bonds. The van der Waals surface area contributed by atoms with E-state index in [1.54, 1.807) is 11.3 Å². The Morgan fingerprint density at radius 3 is 2.77 bits per heavy atom. The number of piperidine rings is 1. The largest absolute Gasteiger partial charge is 0.390 e. The quantitative estimate of drug-likeness (QED) is 0.721. The molecule has 4 rings (SSSR count). The third kappa shape index (κ3) is 4.12. The monoisotopic (exact) mass is 365 g/mol. The van der Waals surface area contributed by atoms with Gasteiger partial charge in [0.2, 0.25) is 0 Å². The molecule has 5 heteroatoms. The maximum Gasteiger partial charge on any atom is 0.184 e. The fraction of sp³-hybridized carbons (Fsp3) is 0.286. The van der Waals surface area contributed by atoms with Crippen molar-refractivity contribution in [2.24, 2.45) is 0 Å². The number of aromatic nitrogens is 1. The van der Waals surface area contributed by atoms with Gasteiger partial charge in [0, 0.05) is 19.6 Å². The number of nitrogens with zero attached hydrogens (tertiary/aromatic N) is 2. The summed E-state index contributed by atoms with van der Waals surface area (Å²) in [6, 6.07) is 18.5. The summed E-state index contributed by atoms with van der Waals surface area (Å²) in [5.74, 6) is 0. The van der Waals surface area contributed by atoms with Crippen LogP contribution in [0.3, 0.4) is 0 Å². The Morgan fingerprint density at radius 1 is 1.15 bits per heavy atom. The highest BCUT2D eigenvalue weighted by Gasteiger charge is 2.27. The molecule has 2 atom stereocenters. The Bertz CT molecular complexity index is 844. The molecule has 26 heavy (non-hydrogen) atoms. The first kappa shape index (κ1) is 17.2. The molecule has 1 aliphatic heterocycles. The number of rotatable bonds is 5. The number of β-amino-alcohol motifs (C(OH)–C–C–N with tert-alkyl or cyclic N) is 1. The number of thiazole rings is 1. The summed E-state index contributed by atoms with van der Waals surface area (Å²) in [4.78, 5) is 6.91. The van der Waals surface area contributed by atoms with Crippen LogP contribution in [-0.2, 0) is 0 Å². The van der Waals surface area contributed by atoms with Crippen LogP contribution >= 0.6 is 11.3 Å². The second kappa shape index (κ2) is 7.99. The lowest BCUT2D eigenvalue weighted by Crippen LogP contribution is -2.49. The van der Waals surface area contributed by atoms with Crippen molar-refractivity contribution < 1.29 is 5.11 Å². The lowest BCUT2D eigenvalue weighted by Gasteiger charge is -2.35. The van der Waals surface area contributed by atoms with Crippen LogP contribution in [0.25, 0.3) is 16.3 Å². The summed E-state index contributed by atoms with van der Waals surface area (Å²) >= 11 is 1.65. The van der Waals surface area contributed by atoms with Crippen molar-refractivity contribution in [3.05, 3.63) is 66.2 Å². The summed E-state index contributed by atoms with van der Waals surface area (Å²) in [5, 5.41) is 14.9. The SMILES string of the molecule is O[C@H]1CN(C/C=C/c2ccccc2)CC[C@H]1Nc1nc2ccccc2s1. The second-order valence-corrected chi connectivity index (χ2v) is 7.70. The lowest BCUT2D eigenvalue weighted by molar-refractivity contribution is 0.0658. The van der Waals surface area contributed by atoms with Gasteiger partial charge in [-0.1, -0.05) is 66.0 Å². The summed E-state index contributed by atoms with van der Waals surface area (Å²) in [6.07, 6.45) is 4.83. The minimum Gasteiger partial charge on any atom is -0.390 e. The van der Waals surface area contributed by atoms with Crippen LogP contribution in [0.2, 0.25) is 0 Å². The van der Waals surface area contributed by atoms with E-state index in [9.17, 15) is 5.11 Å². The Morgan fingerprint density at radius 2 is 1.96 bits per heavy atom. The first-order valence-corrected chi connectivity index (χ1v) is 9.84. The number of hydrogen-bond acceptors (Lipinski definition) is 5. The molecule has 1 aliphatic rings. The standard InChI is InChI=1S/C21H23N3OS/c25-19-15-24(13-6-9-16-7-2-1-3-8-16)14-12-17(19)22-21-23-18-10-4-5-11-20(18)26-21/h1-11,17,19,25H,12-15H2,(H,22,23)/b9-6+/t17-,19+/m1/s1. The van der Waals surface area contributed by atoms with Gasteiger partial charge in [0.25, 0.3) is 0 Å². The van der Waals surface area contributed by atoms with Crippen molar-refractivity contribution in [2.75, 3.05) is 25.0 Å². The minimum absolute atomic E-state index is 0.0601. The molecule has 1 saturated heterocycles. The number of anilines is 1. The van der Waals surface area contributed by atoms with Gasteiger partial charge in [-0.05, 0) is 24.1 Å². The molecular formula is C21H23N3OS. The highest BCUT2D eigenvalue weighted by molar-refractivity contribution is 7.22. The Balaban J connectivity index is 1.31. The average molecular weight is 366 g/mol. The van der Waals surface area contributed by atoms with Gasteiger partial charge in [-0.25, -0.2) is 4.98 Å². The summed E-state index contributed by atoms with van der Waals surface area (Å²) < 4.78 is 1.17. The van der Waals surface area contributed by atoms with Gasteiger partial charge in [-0.2, -0.15) is 0 Å². The molecule has 2 N–H and O–H groups in total. The lowest BCUT2D eigenvalue weighted by atomic mass is 10.0. The number of likely N-dealkylation sites (tertiary alicyclic amines) is 1. The van der Waals surface area contributed by atoms with Gasteiger partial charge < -0.3 is 10.4 Å². The smallest absolute Gasteiger partial charge is 0.184 e. The van der Waals surface area contributed by atoms with Crippen LogP contribution in [0, 0.1) is 0 Å². The Hall–Kier alpha value is -2.21. The summed E-state index contributed by atoms with van der Waals surface area (Å²) in [5.41, 5.74) is 2.22. The molecule has 0 bridgehead atoms. The zero-order chi connectivity index (χ0) is 17.8. The van der Waals surface area contributed by atoms with Crippen LogP contribution in [-0.4, -0.2) is 46.8 Å². The fourth-order valence-electron chi connectivity index (χ4n) is 3.33. The number of nitrogens with one attached hydrogen (secondary N) is 1. The fourth-order valence-corrected chi connectivity index (χ4v) is 4.25. The van der Waals surface area contributed by atoms with Gasteiger partial charge in [-0.15, -0.1) is 0 Å².